The van der Waals surface area contributed by atoms with Crippen molar-refractivity contribution in [2.45, 2.75) is 45.1 Å². The molecule has 0 atom stereocenters. The molecule has 26 heavy (non-hydrogen) atoms. The Kier molecular flexibility index (Phi) is 4.36. The highest BCUT2D eigenvalue weighted by atomic mass is 19.1. The number of hydrogen-bond acceptors (Lipinski definition) is 5. The van der Waals surface area contributed by atoms with Crippen molar-refractivity contribution in [1.29, 1.82) is 0 Å². The van der Waals surface area contributed by atoms with Gasteiger partial charge in [0.1, 0.15) is 11.6 Å². The third kappa shape index (κ3) is 3.42. The number of benzene rings is 1. The molecule has 0 N–H and O–H groups in total. The minimum Gasteiger partial charge on any atom is -0.296 e. The Morgan fingerprint density at radius 3 is 2.69 bits per heavy atom. The van der Waals surface area contributed by atoms with Crippen molar-refractivity contribution in [3.05, 3.63) is 75.3 Å². The second-order valence-electron chi connectivity index (χ2n) is 6.74. The maximum atomic E-state index is 13.1. The minimum absolute atomic E-state index is 0.280. The van der Waals surface area contributed by atoms with Crippen LogP contribution >= 0.6 is 0 Å². The summed E-state index contributed by atoms with van der Waals surface area (Å²) in [6.07, 6.45) is 3.83. The normalized spacial score (nSPS) is 14.4. The SMILES string of the molecule is Cc1cc(Cn2c(Cc3ccc(F)cc3)noc2=O)nc(C2CCC2)n1. The molecule has 4 rings (SSSR count). The number of nitrogens with zero attached hydrogens (tertiary/aromatic N) is 4. The average molecular weight is 354 g/mol. The fraction of sp³-hybridized carbons (Fsp3) is 0.368. The minimum atomic E-state index is -0.524. The van der Waals surface area contributed by atoms with Gasteiger partial charge in [0, 0.05) is 18.0 Å². The van der Waals surface area contributed by atoms with Crippen LogP contribution < -0.4 is 5.76 Å². The molecule has 6 nitrogen and oxygen atoms in total. The smallest absolute Gasteiger partial charge is 0.296 e. The van der Waals surface area contributed by atoms with Gasteiger partial charge in [-0.15, -0.1) is 0 Å². The molecule has 1 fully saturated rings. The van der Waals surface area contributed by atoms with Crippen molar-refractivity contribution < 1.29 is 8.91 Å². The average Bonchev–Trinajstić information content (AvgIpc) is 2.88. The molecule has 1 aliphatic rings. The molecule has 1 aliphatic carbocycles. The molecule has 0 spiro atoms. The standard InChI is InChI=1S/C19H19FN4O2/c1-12-9-16(22-18(21-12)14-3-2-4-14)11-24-17(23-26-19(24)25)10-13-5-7-15(20)8-6-13/h5-9,14H,2-4,10-11H2,1H3. The monoisotopic (exact) mass is 354 g/mol. The number of aryl methyl sites for hydroxylation is 1. The Morgan fingerprint density at radius 2 is 2.00 bits per heavy atom. The molecule has 0 amide bonds. The maximum Gasteiger partial charge on any atom is 0.441 e. The third-order valence-electron chi connectivity index (χ3n) is 4.75. The highest BCUT2D eigenvalue weighted by Gasteiger charge is 2.23. The number of rotatable bonds is 5. The van der Waals surface area contributed by atoms with Crippen molar-refractivity contribution in [3.63, 3.8) is 0 Å². The Bertz CT molecular complexity index is 974. The summed E-state index contributed by atoms with van der Waals surface area (Å²) in [5.41, 5.74) is 2.51. The molecular formula is C19H19FN4O2. The topological polar surface area (TPSA) is 73.8 Å². The van der Waals surface area contributed by atoms with E-state index in [1.54, 1.807) is 12.1 Å². The third-order valence-corrected chi connectivity index (χ3v) is 4.75. The fourth-order valence-electron chi connectivity index (χ4n) is 3.11. The van der Waals surface area contributed by atoms with E-state index in [0.29, 0.717) is 18.2 Å². The van der Waals surface area contributed by atoms with Crippen LogP contribution in [0.15, 0.2) is 39.6 Å². The van der Waals surface area contributed by atoms with E-state index in [4.69, 9.17) is 4.52 Å². The Hall–Kier alpha value is -2.83. The molecule has 0 bridgehead atoms. The molecule has 2 heterocycles. The summed E-state index contributed by atoms with van der Waals surface area (Å²) in [4.78, 5) is 21.3. The van der Waals surface area contributed by atoms with Crippen molar-refractivity contribution >= 4 is 0 Å². The fourth-order valence-corrected chi connectivity index (χ4v) is 3.11. The highest BCUT2D eigenvalue weighted by molar-refractivity contribution is 5.20. The molecular weight excluding hydrogens is 335 g/mol. The van der Waals surface area contributed by atoms with Crippen LogP contribution in [0.3, 0.4) is 0 Å². The molecule has 0 aliphatic heterocycles. The Balaban J connectivity index is 1.60. The van der Waals surface area contributed by atoms with Gasteiger partial charge < -0.3 is 0 Å². The van der Waals surface area contributed by atoms with Crippen LogP contribution in [0.5, 0.6) is 0 Å². The first-order valence-corrected chi connectivity index (χ1v) is 8.73. The van der Waals surface area contributed by atoms with E-state index in [-0.39, 0.29) is 12.4 Å². The number of aromatic nitrogens is 4. The summed E-state index contributed by atoms with van der Waals surface area (Å²) >= 11 is 0. The lowest BCUT2D eigenvalue weighted by molar-refractivity contribution is 0.374. The van der Waals surface area contributed by atoms with E-state index in [1.165, 1.54) is 23.1 Å². The van der Waals surface area contributed by atoms with Gasteiger partial charge >= 0.3 is 5.76 Å². The zero-order valence-electron chi connectivity index (χ0n) is 14.5. The summed E-state index contributed by atoms with van der Waals surface area (Å²) < 4.78 is 19.4. The predicted octanol–water partition coefficient (Wildman–Crippen LogP) is 2.98. The van der Waals surface area contributed by atoms with Gasteiger partial charge in [0.15, 0.2) is 5.82 Å². The molecule has 0 radical (unpaired) electrons. The van der Waals surface area contributed by atoms with Gasteiger partial charge in [-0.1, -0.05) is 23.7 Å². The molecule has 1 saturated carbocycles. The van der Waals surface area contributed by atoms with E-state index < -0.39 is 5.76 Å². The molecule has 2 aromatic heterocycles. The Labute approximate surface area is 149 Å². The first-order valence-electron chi connectivity index (χ1n) is 8.73. The van der Waals surface area contributed by atoms with Crippen LogP contribution in [0.1, 0.15) is 53.8 Å². The number of halogens is 1. The summed E-state index contributed by atoms with van der Waals surface area (Å²) in [6, 6.07) is 7.99. The molecule has 0 saturated heterocycles. The van der Waals surface area contributed by atoms with Gasteiger partial charge in [-0.2, -0.15) is 0 Å². The van der Waals surface area contributed by atoms with Crippen LogP contribution in [0.25, 0.3) is 0 Å². The largest absolute Gasteiger partial charge is 0.441 e. The quantitative estimate of drug-likeness (QED) is 0.704. The van der Waals surface area contributed by atoms with Crippen LogP contribution in [-0.2, 0) is 13.0 Å². The summed E-state index contributed by atoms with van der Waals surface area (Å²) in [7, 11) is 0. The van der Waals surface area contributed by atoms with Gasteiger partial charge in [0.2, 0.25) is 0 Å². The van der Waals surface area contributed by atoms with Gasteiger partial charge in [-0.25, -0.2) is 19.2 Å². The van der Waals surface area contributed by atoms with Crippen LogP contribution in [0, 0.1) is 12.7 Å². The molecule has 1 aromatic carbocycles. The second kappa shape index (κ2) is 6.82. The summed E-state index contributed by atoms with van der Waals surface area (Å²) in [6.45, 7) is 2.21. The van der Waals surface area contributed by atoms with Gasteiger partial charge in [-0.3, -0.25) is 9.09 Å². The first-order chi connectivity index (χ1) is 12.6. The van der Waals surface area contributed by atoms with Gasteiger partial charge in [0.05, 0.1) is 12.2 Å². The van der Waals surface area contributed by atoms with E-state index >= 15 is 0 Å². The van der Waals surface area contributed by atoms with Gasteiger partial charge in [-0.05, 0) is 43.5 Å². The van der Waals surface area contributed by atoms with Crippen molar-refractivity contribution in [3.8, 4) is 0 Å². The zero-order valence-corrected chi connectivity index (χ0v) is 14.5. The van der Waals surface area contributed by atoms with Crippen molar-refractivity contribution in [1.82, 2.24) is 19.7 Å². The van der Waals surface area contributed by atoms with Crippen molar-refractivity contribution in [2.24, 2.45) is 0 Å². The molecule has 3 aromatic rings. The van der Waals surface area contributed by atoms with E-state index in [9.17, 15) is 9.18 Å². The second-order valence-corrected chi connectivity index (χ2v) is 6.74. The molecule has 0 unspecified atom stereocenters. The lowest BCUT2D eigenvalue weighted by Crippen LogP contribution is -2.20. The van der Waals surface area contributed by atoms with E-state index in [1.807, 2.05) is 13.0 Å². The van der Waals surface area contributed by atoms with Crippen LogP contribution in [0.2, 0.25) is 0 Å². The lowest BCUT2D eigenvalue weighted by Gasteiger charge is -2.24. The maximum absolute atomic E-state index is 13.1. The van der Waals surface area contributed by atoms with Crippen molar-refractivity contribution in [2.75, 3.05) is 0 Å². The predicted molar refractivity (Wildman–Crippen MR) is 92.4 cm³/mol. The van der Waals surface area contributed by atoms with E-state index in [2.05, 4.69) is 15.1 Å². The summed E-state index contributed by atoms with van der Waals surface area (Å²) in [5.74, 6) is 0.945. The zero-order chi connectivity index (χ0) is 18.1. The first kappa shape index (κ1) is 16.6. The van der Waals surface area contributed by atoms with Crippen LogP contribution in [-0.4, -0.2) is 19.7 Å². The highest BCUT2D eigenvalue weighted by Crippen LogP contribution is 2.34. The lowest BCUT2D eigenvalue weighted by atomic mass is 9.85. The molecule has 134 valence electrons. The van der Waals surface area contributed by atoms with Gasteiger partial charge in [0.25, 0.3) is 0 Å². The number of hydrogen-bond donors (Lipinski definition) is 0. The molecule has 7 heteroatoms. The van der Waals surface area contributed by atoms with Crippen LogP contribution in [0.4, 0.5) is 4.39 Å². The van der Waals surface area contributed by atoms with E-state index in [0.717, 1.165) is 35.6 Å². The Morgan fingerprint density at radius 1 is 1.23 bits per heavy atom. The summed E-state index contributed by atoms with van der Waals surface area (Å²) in [5, 5.41) is 3.88.